The molecule has 1 N–H and O–H groups in total. The number of benzene rings is 5. The fourth-order valence-corrected chi connectivity index (χ4v) is 5.00. The Labute approximate surface area is 240 Å². The van der Waals surface area contributed by atoms with Crippen LogP contribution in [0.3, 0.4) is 0 Å². The summed E-state index contributed by atoms with van der Waals surface area (Å²) in [6.45, 7) is 13.6. The van der Waals surface area contributed by atoms with Gasteiger partial charge >= 0.3 is 0 Å². The minimum Gasteiger partial charge on any atom is -0.355 e. The monoisotopic (exact) mass is 524 g/mol. The first kappa shape index (κ1) is 27.3. The molecule has 0 fully saturated rings. The molecule has 0 unspecified atom stereocenters. The highest BCUT2D eigenvalue weighted by molar-refractivity contribution is 5.89. The Kier molecular flexibility index (Phi) is 7.54. The van der Waals surface area contributed by atoms with E-state index >= 15 is 0 Å². The minimum absolute atomic E-state index is 0.0424. The first-order chi connectivity index (χ1) is 19.1. The van der Waals surface area contributed by atoms with E-state index in [1.165, 1.54) is 22.3 Å². The van der Waals surface area contributed by atoms with Crippen LogP contribution in [0.2, 0.25) is 0 Å². The van der Waals surface area contributed by atoms with Crippen molar-refractivity contribution in [3.8, 4) is 11.1 Å². The molecule has 0 bridgehead atoms. The number of hydrogen-bond acceptors (Lipinski definition) is 2. The Hall–Kier alpha value is -4.30. The van der Waals surface area contributed by atoms with Crippen LogP contribution >= 0.6 is 0 Å². The summed E-state index contributed by atoms with van der Waals surface area (Å²) in [6, 6.07) is 45.7. The summed E-state index contributed by atoms with van der Waals surface area (Å²) in [5, 5.41) is 3.58. The Morgan fingerprint density at radius 2 is 1.05 bits per heavy atom. The first-order valence-corrected chi connectivity index (χ1v) is 14.1. The van der Waals surface area contributed by atoms with E-state index in [0.717, 1.165) is 28.4 Å². The van der Waals surface area contributed by atoms with Crippen molar-refractivity contribution in [3.63, 3.8) is 0 Å². The average Bonchev–Trinajstić information content (AvgIpc) is 2.94. The summed E-state index contributed by atoms with van der Waals surface area (Å²) in [6.07, 6.45) is 0. The fourth-order valence-electron chi connectivity index (χ4n) is 5.00. The van der Waals surface area contributed by atoms with Crippen molar-refractivity contribution in [2.24, 2.45) is 0 Å². The molecular formula is C38H40N2. The average molecular weight is 525 g/mol. The zero-order valence-electron chi connectivity index (χ0n) is 24.6. The Morgan fingerprint density at radius 1 is 0.475 bits per heavy atom. The van der Waals surface area contributed by atoms with E-state index in [-0.39, 0.29) is 10.8 Å². The van der Waals surface area contributed by atoms with Gasteiger partial charge in [0, 0.05) is 28.3 Å². The second kappa shape index (κ2) is 11.1. The van der Waals surface area contributed by atoms with Crippen LogP contribution in [0.5, 0.6) is 0 Å². The molecular weight excluding hydrogens is 484 g/mol. The quantitative estimate of drug-likeness (QED) is 0.238. The van der Waals surface area contributed by atoms with E-state index in [0.29, 0.717) is 0 Å². The van der Waals surface area contributed by atoms with Crippen LogP contribution in [0.1, 0.15) is 52.7 Å². The van der Waals surface area contributed by atoms with Gasteiger partial charge in [-0.3, -0.25) is 0 Å². The highest BCUT2D eigenvalue weighted by Gasteiger charge is 2.22. The van der Waals surface area contributed by atoms with Gasteiger partial charge in [0.1, 0.15) is 0 Å². The van der Waals surface area contributed by atoms with E-state index in [9.17, 15) is 0 Å². The molecule has 0 aliphatic carbocycles. The largest absolute Gasteiger partial charge is 0.355 e. The van der Waals surface area contributed by atoms with Crippen molar-refractivity contribution < 1.29 is 0 Å². The molecule has 0 heterocycles. The molecule has 0 aliphatic heterocycles. The van der Waals surface area contributed by atoms with Crippen molar-refractivity contribution in [2.75, 3.05) is 10.2 Å². The van der Waals surface area contributed by atoms with E-state index in [2.05, 4.69) is 173 Å². The van der Waals surface area contributed by atoms with Crippen LogP contribution in [0.4, 0.5) is 28.4 Å². The maximum atomic E-state index is 3.58. The number of hydrogen-bond donors (Lipinski definition) is 1. The van der Waals surface area contributed by atoms with E-state index < -0.39 is 0 Å². The molecule has 2 heteroatoms. The maximum Gasteiger partial charge on any atom is 0.0540 e. The van der Waals surface area contributed by atoms with E-state index in [1.54, 1.807) is 0 Å². The normalized spacial score (nSPS) is 11.8. The first-order valence-electron chi connectivity index (χ1n) is 14.1. The van der Waals surface area contributed by atoms with Crippen molar-refractivity contribution in [1.29, 1.82) is 0 Å². The Bertz CT molecular complexity index is 1550. The number of para-hydroxylation sites is 1. The molecule has 0 amide bonds. The second-order valence-corrected chi connectivity index (χ2v) is 12.5. The lowest BCUT2D eigenvalue weighted by atomic mass is 9.84. The molecule has 0 aliphatic rings. The van der Waals surface area contributed by atoms with Crippen molar-refractivity contribution >= 4 is 28.4 Å². The van der Waals surface area contributed by atoms with Gasteiger partial charge in [-0.05, 0) is 82.1 Å². The molecule has 0 saturated heterocycles. The van der Waals surface area contributed by atoms with Crippen LogP contribution < -0.4 is 10.2 Å². The lowest BCUT2D eigenvalue weighted by Crippen LogP contribution is -2.15. The molecule has 0 spiro atoms. The van der Waals surface area contributed by atoms with Crippen molar-refractivity contribution in [2.45, 2.75) is 52.4 Å². The third-order valence-electron chi connectivity index (χ3n) is 7.35. The molecule has 202 valence electrons. The molecule has 0 aromatic heterocycles. The Morgan fingerprint density at radius 3 is 1.68 bits per heavy atom. The molecule has 40 heavy (non-hydrogen) atoms. The predicted octanol–water partition coefficient (Wildman–Crippen LogP) is 11.2. The number of rotatable bonds is 6. The lowest BCUT2D eigenvalue weighted by Gasteiger charge is -2.30. The minimum atomic E-state index is 0.0424. The summed E-state index contributed by atoms with van der Waals surface area (Å²) in [5.74, 6) is 0. The summed E-state index contributed by atoms with van der Waals surface area (Å²) in [7, 11) is 0. The lowest BCUT2D eigenvalue weighted by molar-refractivity contribution is 0.590. The fraction of sp³-hybridized carbons (Fsp3) is 0.211. The standard InChI is InChI=1S/C38H40N2/c1-37(2,3)29-20-23-33(24-21-29)40(34-19-13-18-32(27-34)39-31-16-11-8-12-17-31)36-25-22-30(38(4,5)6)26-35(36)28-14-9-7-10-15-28/h7-27,39H,1-6H3. The summed E-state index contributed by atoms with van der Waals surface area (Å²) >= 11 is 0. The molecule has 0 radical (unpaired) electrons. The van der Waals surface area contributed by atoms with Gasteiger partial charge in [-0.2, -0.15) is 0 Å². The van der Waals surface area contributed by atoms with Crippen LogP contribution in [0, 0.1) is 0 Å². The summed E-state index contributed by atoms with van der Waals surface area (Å²) in [5.41, 5.74) is 10.7. The summed E-state index contributed by atoms with van der Waals surface area (Å²) in [4.78, 5) is 2.39. The van der Waals surface area contributed by atoms with Gasteiger partial charge in [-0.15, -0.1) is 0 Å². The maximum absolute atomic E-state index is 3.58. The van der Waals surface area contributed by atoms with Crippen LogP contribution in [-0.4, -0.2) is 0 Å². The smallest absolute Gasteiger partial charge is 0.0540 e. The van der Waals surface area contributed by atoms with Gasteiger partial charge in [-0.25, -0.2) is 0 Å². The van der Waals surface area contributed by atoms with Gasteiger partial charge in [0.2, 0.25) is 0 Å². The van der Waals surface area contributed by atoms with Gasteiger partial charge in [0.05, 0.1) is 5.69 Å². The zero-order valence-corrected chi connectivity index (χ0v) is 24.6. The number of anilines is 5. The molecule has 0 atom stereocenters. The van der Waals surface area contributed by atoms with Crippen molar-refractivity contribution in [3.05, 3.63) is 139 Å². The molecule has 0 saturated carbocycles. The Balaban J connectivity index is 1.70. The third kappa shape index (κ3) is 6.13. The third-order valence-corrected chi connectivity index (χ3v) is 7.35. The molecule has 5 aromatic rings. The van der Waals surface area contributed by atoms with Crippen molar-refractivity contribution in [1.82, 2.24) is 0 Å². The predicted molar refractivity (Wildman–Crippen MR) is 174 cm³/mol. The molecule has 5 aromatic carbocycles. The number of nitrogens with zero attached hydrogens (tertiary/aromatic N) is 1. The molecule has 5 rings (SSSR count). The van der Waals surface area contributed by atoms with Crippen LogP contribution in [0.25, 0.3) is 11.1 Å². The van der Waals surface area contributed by atoms with Gasteiger partial charge in [0.25, 0.3) is 0 Å². The van der Waals surface area contributed by atoms with E-state index in [4.69, 9.17) is 0 Å². The van der Waals surface area contributed by atoms with Gasteiger partial charge in [-0.1, -0.05) is 114 Å². The topological polar surface area (TPSA) is 15.3 Å². The second-order valence-electron chi connectivity index (χ2n) is 12.5. The number of nitrogens with one attached hydrogen (secondary N) is 1. The molecule has 2 nitrogen and oxygen atoms in total. The zero-order chi connectivity index (χ0) is 28.3. The van der Waals surface area contributed by atoms with Gasteiger partial charge in [0.15, 0.2) is 0 Å². The SMILES string of the molecule is CC(C)(C)c1ccc(N(c2cccc(Nc3ccccc3)c2)c2ccc(C(C)(C)C)cc2-c2ccccc2)cc1. The van der Waals surface area contributed by atoms with Crippen LogP contribution in [0.15, 0.2) is 127 Å². The highest BCUT2D eigenvalue weighted by atomic mass is 15.1. The summed E-state index contributed by atoms with van der Waals surface area (Å²) < 4.78 is 0. The van der Waals surface area contributed by atoms with Gasteiger partial charge < -0.3 is 10.2 Å². The van der Waals surface area contributed by atoms with E-state index in [1.807, 2.05) is 6.07 Å². The van der Waals surface area contributed by atoms with Crippen LogP contribution in [-0.2, 0) is 10.8 Å². The highest BCUT2D eigenvalue weighted by Crippen LogP contribution is 2.43.